The van der Waals surface area contributed by atoms with Crippen LogP contribution >= 0.6 is 11.6 Å². The number of amides is 2. The summed E-state index contributed by atoms with van der Waals surface area (Å²) in [6.45, 7) is 4.55. The van der Waals surface area contributed by atoms with Crippen molar-refractivity contribution in [3.8, 4) is 11.5 Å². The van der Waals surface area contributed by atoms with E-state index in [0.29, 0.717) is 48.0 Å². The zero-order valence-corrected chi connectivity index (χ0v) is 17.5. The number of carbonyl (C=O) groups excluding carboxylic acids is 2. The van der Waals surface area contributed by atoms with Crippen molar-refractivity contribution < 1.29 is 19.1 Å². The van der Waals surface area contributed by atoms with Gasteiger partial charge in [0.2, 0.25) is 5.91 Å². The zero-order valence-electron chi connectivity index (χ0n) is 16.7. The monoisotopic (exact) mass is 409 g/mol. The molecule has 8 heteroatoms. The quantitative estimate of drug-likeness (QED) is 0.761. The molecule has 2 saturated heterocycles. The van der Waals surface area contributed by atoms with Gasteiger partial charge in [-0.3, -0.25) is 9.59 Å². The zero-order chi connectivity index (χ0) is 20.3. The largest absolute Gasteiger partial charge is 0.493 e. The normalized spacial score (nSPS) is 18.9. The van der Waals surface area contributed by atoms with Gasteiger partial charge in [0.15, 0.2) is 11.5 Å². The summed E-state index contributed by atoms with van der Waals surface area (Å²) in [4.78, 5) is 31.7. The molecule has 2 heterocycles. The molecular weight excluding hydrogens is 382 g/mol. The molecule has 0 unspecified atom stereocenters. The molecule has 0 saturated carbocycles. The topological polar surface area (TPSA) is 62.3 Å². The molecule has 2 aliphatic rings. The second kappa shape index (κ2) is 9.01. The van der Waals surface area contributed by atoms with Crippen LogP contribution in [0.2, 0.25) is 5.02 Å². The molecule has 1 aromatic rings. The maximum Gasteiger partial charge on any atom is 0.254 e. The van der Waals surface area contributed by atoms with Crippen LogP contribution < -0.4 is 9.47 Å². The van der Waals surface area contributed by atoms with Crippen molar-refractivity contribution in [1.29, 1.82) is 0 Å². The molecule has 7 nitrogen and oxygen atoms in total. The van der Waals surface area contributed by atoms with E-state index in [0.717, 1.165) is 26.2 Å². The first-order chi connectivity index (χ1) is 13.4. The molecule has 0 bridgehead atoms. The fourth-order valence-corrected chi connectivity index (χ4v) is 4.13. The van der Waals surface area contributed by atoms with Gasteiger partial charge in [-0.25, -0.2) is 0 Å². The number of hydrogen-bond acceptors (Lipinski definition) is 5. The van der Waals surface area contributed by atoms with Gasteiger partial charge in [-0.2, -0.15) is 0 Å². The van der Waals surface area contributed by atoms with E-state index in [1.807, 2.05) is 4.90 Å². The van der Waals surface area contributed by atoms with Gasteiger partial charge >= 0.3 is 0 Å². The number of benzene rings is 1. The summed E-state index contributed by atoms with van der Waals surface area (Å²) in [7, 11) is 5.09. The van der Waals surface area contributed by atoms with Crippen LogP contribution in [0, 0.1) is 5.92 Å². The van der Waals surface area contributed by atoms with E-state index < -0.39 is 0 Å². The maximum absolute atomic E-state index is 12.9. The number of nitrogens with zero attached hydrogens (tertiary/aromatic N) is 3. The molecule has 154 valence electrons. The average Bonchev–Trinajstić information content (AvgIpc) is 2.72. The molecule has 0 atom stereocenters. The Morgan fingerprint density at radius 1 is 0.964 bits per heavy atom. The molecule has 0 aliphatic carbocycles. The minimum atomic E-state index is -0.103. The number of rotatable bonds is 4. The van der Waals surface area contributed by atoms with Gasteiger partial charge in [-0.1, -0.05) is 11.6 Å². The van der Waals surface area contributed by atoms with E-state index in [-0.39, 0.29) is 17.7 Å². The Balaban J connectivity index is 1.61. The maximum atomic E-state index is 12.9. The van der Waals surface area contributed by atoms with Crippen LogP contribution in [0.1, 0.15) is 23.2 Å². The minimum absolute atomic E-state index is 0.00134. The SMILES string of the molecule is COc1cc(C(=O)N2CCC(C(=O)N3CCN(C)CC3)CC2)cc(Cl)c1OC. The highest BCUT2D eigenvalue weighted by Gasteiger charge is 2.32. The highest BCUT2D eigenvalue weighted by molar-refractivity contribution is 6.32. The van der Waals surface area contributed by atoms with Gasteiger partial charge in [0.25, 0.3) is 5.91 Å². The molecule has 28 heavy (non-hydrogen) atoms. The first-order valence-corrected chi connectivity index (χ1v) is 10.0. The molecule has 0 radical (unpaired) electrons. The summed E-state index contributed by atoms with van der Waals surface area (Å²) in [5, 5.41) is 0.338. The average molecular weight is 410 g/mol. The van der Waals surface area contributed by atoms with E-state index in [2.05, 4.69) is 11.9 Å². The second-order valence-electron chi connectivity index (χ2n) is 7.39. The van der Waals surface area contributed by atoms with Crippen LogP contribution in [0.15, 0.2) is 12.1 Å². The second-order valence-corrected chi connectivity index (χ2v) is 7.80. The van der Waals surface area contributed by atoms with E-state index >= 15 is 0 Å². The van der Waals surface area contributed by atoms with Crippen LogP contribution in [0.3, 0.4) is 0 Å². The van der Waals surface area contributed by atoms with Crippen molar-refractivity contribution >= 4 is 23.4 Å². The summed E-state index contributed by atoms with van der Waals surface area (Å²) in [6, 6.07) is 3.25. The fraction of sp³-hybridized carbons (Fsp3) is 0.600. The number of methoxy groups -OCH3 is 2. The van der Waals surface area contributed by atoms with Gasteiger partial charge in [-0.15, -0.1) is 0 Å². The van der Waals surface area contributed by atoms with E-state index in [9.17, 15) is 9.59 Å². The van der Waals surface area contributed by atoms with E-state index in [1.165, 1.54) is 14.2 Å². The molecule has 1 aromatic carbocycles. The molecular formula is C20H28ClN3O4. The Bertz CT molecular complexity index is 726. The Kier molecular flexibility index (Phi) is 6.67. The first kappa shape index (κ1) is 20.7. The van der Waals surface area contributed by atoms with Crippen LogP contribution in [0.5, 0.6) is 11.5 Å². The lowest BCUT2D eigenvalue weighted by Crippen LogP contribution is -2.51. The number of piperidine rings is 1. The summed E-state index contributed by atoms with van der Waals surface area (Å²) in [5.41, 5.74) is 0.464. The smallest absolute Gasteiger partial charge is 0.254 e. The van der Waals surface area contributed by atoms with Gasteiger partial charge in [0.05, 0.1) is 19.2 Å². The number of carbonyl (C=O) groups is 2. The molecule has 0 spiro atoms. The van der Waals surface area contributed by atoms with Crippen LogP contribution in [0.4, 0.5) is 0 Å². The number of halogens is 1. The van der Waals surface area contributed by atoms with Crippen LogP contribution in [0.25, 0.3) is 0 Å². The van der Waals surface area contributed by atoms with Crippen LogP contribution in [-0.2, 0) is 4.79 Å². The van der Waals surface area contributed by atoms with Crippen molar-refractivity contribution in [2.24, 2.45) is 5.92 Å². The molecule has 2 fully saturated rings. The Morgan fingerprint density at radius 3 is 2.18 bits per heavy atom. The lowest BCUT2D eigenvalue weighted by Gasteiger charge is -2.37. The number of ether oxygens (including phenoxy) is 2. The lowest BCUT2D eigenvalue weighted by atomic mass is 9.94. The molecule has 0 N–H and O–H groups in total. The Labute approximate surface area is 171 Å². The third-order valence-electron chi connectivity index (χ3n) is 5.63. The summed E-state index contributed by atoms with van der Waals surface area (Å²) in [6.07, 6.45) is 1.38. The predicted molar refractivity (Wildman–Crippen MR) is 107 cm³/mol. The number of likely N-dealkylation sites (tertiary alicyclic amines) is 1. The van der Waals surface area contributed by atoms with Gasteiger partial charge in [0.1, 0.15) is 0 Å². The van der Waals surface area contributed by atoms with Crippen molar-refractivity contribution in [3.05, 3.63) is 22.7 Å². The minimum Gasteiger partial charge on any atom is -0.493 e. The molecule has 2 amide bonds. The van der Waals surface area contributed by atoms with Gasteiger partial charge < -0.3 is 24.2 Å². The predicted octanol–water partition coefficient (Wildman–Crippen LogP) is 1.98. The lowest BCUT2D eigenvalue weighted by molar-refractivity contribution is -0.138. The number of piperazine rings is 1. The summed E-state index contributed by atoms with van der Waals surface area (Å²) >= 11 is 6.23. The molecule has 2 aliphatic heterocycles. The Morgan fingerprint density at radius 2 is 1.61 bits per heavy atom. The van der Waals surface area contributed by atoms with Crippen molar-refractivity contribution in [2.75, 3.05) is 60.5 Å². The highest BCUT2D eigenvalue weighted by Crippen LogP contribution is 2.36. The van der Waals surface area contributed by atoms with Gasteiger partial charge in [0, 0.05) is 50.7 Å². The van der Waals surface area contributed by atoms with Crippen molar-refractivity contribution in [1.82, 2.24) is 14.7 Å². The molecule has 3 rings (SSSR count). The fourth-order valence-electron chi connectivity index (χ4n) is 3.84. The summed E-state index contributed by atoms with van der Waals surface area (Å²) in [5.74, 6) is 0.972. The number of likely N-dealkylation sites (N-methyl/N-ethyl adjacent to an activating group) is 1. The number of hydrogen-bond donors (Lipinski definition) is 0. The first-order valence-electron chi connectivity index (χ1n) is 9.62. The Hall–Kier alpha value is -1.99. The summed E-state index contributed by atoms with van der Waals surface area (Å²) < 4.78 is 10.5. The van der Waals surface area contributed by atoms with E-state index in [1.54, 1.807) is 17.0 Å². The molecule has 0 aromatic heterocycles. The third kappa shape index (κ3) is 4.36. The van der Waals surface area contributed by atoms with E-state index in [4.69, 9.17) is 21.1 Å². The standard InChI is InChI=1S/C20H28ClN3O4/c1-22-8-10-24(11-9-22)19(25)14-4-6-23(7-5-14)20(26)15-12-16(21)18(28-3)17(13-15)27-2/h12-14H,4-11H2,1-3H3. The third-order valence-corrected chi connectivity index (χ3v) is 5.91. The highest BCUT2D eigenvalue weighted by atomic mass is 35.5. The van der Waals surface area contributed by atoms with Crippen molar-refractivity contribution in [2.45, 2.75) is 12.8 Å². The van der Waals surface area contributed by atoms with Gasteiger partial charge in [-0.05, 0) is 32.0 Å². The van der Waals surface area contributed by atoms with Crippen LogP contribution in [-0.4, -0.2) is 87.0 Å². The van der Waals surface area contributed by atoms with Crippen molar-refractivity contribution in [3.63, 3.8) is 0 Å².